The first kappa shape index (κ1) is 15.3. The summed E-state index contributed by atoms with van der Waals surface area (Å²) in [6, 6.07) is 2.89. The van der Waals surface area contributed by atoms with Crippen molar-refractivity contribution < 1.29 is 9.53 Å². The number of nitrogens with two attached hydrogens (primary N) is 1. The summed E-state index contributed by atoms with van der Waals surface area (Å²) in [7, 11) is 0. The summed E-state index contributed by atoms with van der Waals surface area (Å²) < 4.78 is 4.80. The fraction of sp³-hybridized carbons (Fsp3) is 0.222. The number of hydrazine groups is 1. The summed E-state index contributed by atoms with van der Waals surface area (Å²) >= 11 is 11.7. The van der Waals surface area contributed by atoms with Gasteiger partial charge in [0.15, 0.2) is 0 Å². The Bertz CT molecular complexity index is 362. The maximum Gasteiger partial charge on any atom is 0.338 e. The second-order valence-electron chi connectivity index (χ2n) is 2.68. The lowest BCUT2D eigenvalue weighted by atomic mass is 10.2. The molecular formula is C9H11Cl3N2O2. The van der Waals surface area contributed by atoms with Crippen LogP contribution in [0.4, 0.5) is 5.69 Å². The molecule has 0 heterocycles. The summed E-state index contributed by atoms with van der Waals surface area (Å²) in [5.74, 6) is 4.73. The zero-order valence-electron chi connectivity index (χ0n) is 8.42. The first-order valence-corrected chi connectivity index (χ1v) is 4.98. The molecule has 0 saturated heterocycles. The highest BCUT2D eigenvalue weighted by atomic mass is 35.5. The van der Waals surface area contributed by atoms with E-state index in [2.05, 4.69) is 5.43 Å². The molecule has 0 aliphatic heterocycles. The highest BCUT2D eigenvalue weighted by molar-refractivity contribution is 6.39. The molecule has 90 valence electrons. The van der Waals surface area contributed by atoms with Gasteiger partial charge in [-0.25, -0.2) is 4.79 Å². The molecule has 4 nitrogen and oxygen atoms in total. The van der Waals surface area contributed by atoms with E-state index in [1.54, 1.807) is 6.92 Å². The van der Waals surface area contributed by atoms with Gasteiger partial charge < -0.3 is 10.2 Å². The molecule has 3 N–H and O–H groups in total. The number of hydrogen-bond donors (Lipinski definition) is 2. The molecule has 0 aliphatic carbocycles. The predicted octanol–water partition coefficient (Wildman–Crippen LogP) is 2.88. The number of rotatable bonds is 3. The van der Waals surface area contributed by atoms with Crippen LogP contribution in [0.15, 0.2) is 12.1 Å². The molecule has 7 heteroatoms. The molecule has 16 heavy (non-hydrogen) atoms. The molecular weight excluding hydrogens is 274 g/mol. The first-order valence-electron chi connectivity index (χ1n) is 4.23. The van der Waals surface area contributed by atoms with Crippen LogP contribution in [0.1, 0.15) is 17.3 Å². The van der Waals surface area contributed by atoms with Crippen molar-refractivity contribution in [2.45, 2.75) is 6.92 Å². The molecule has 1 aromatic rings. The van der Waals surface area contributed by atoms with Crippen molar-refractivity contribution in [1.29, 1.82) is 0 Å². The lowest BCUT2D eigenvalue weighted by molar-refractivity contribution is 0.0526. The lowest BCUT2D eigenvalue weighted by Crippen LogP contribution is -2.10. The standard InChI is InChI=1S/C9H10Cl2N2O2.ClH/c1-2-15-9(14)5-3-6(10)8(13-12)7(11)4-5;/h3-4,13H,2,12H2,1H3;1H. The fourth-order valence-electron chi connectivity index (χ4n) is 1.04. The van der Waals surface area contributed by atoms with Gasteiger partial charge in [0.1, 0.15) is 0 Å². The highest BCUT2D eigenvalue weighted by Gasteiger charge is 2.12. The number of carbonyl (C=O) groups is 1. The monoisotopic (exact) mass is 284 g/mol. The van der Waals surface area contributed by atoms with Crippen LogP contribution in [0.3, 0.4) is 0 Å². The van der Waals surface area contributed by atoms with Crippen LogP contribution in [0.5, 0.6) is 0 Å². The van der Waals surface area contributed by atoms with Crippen molar-refractivity contribution in [3.63, 3.8) is 0 Å². The molecule has 0 fully saturated rings. The molecule has 0 aromatic heterocycles. The van der Waals surface area contributed by atoms with Gasteiger partial charge in [-0.1, -0.05) is 23.2 Å². The van der Waals surface area contributed by atoms with Crippen molar-refractivity contribution in [3.8, 4) is 0 Å². The van der Waals surface area contributed by atoms with Gasteiger partial charge >= 0.3 is 5.97 Å². The normalized spacial score (nSPS) is 9.25. The Kier molecular flexibility index (Phi) is 6.52. The second-order valence-corrected chi connectivity index (χ2v) is 3.49. The Hall–Kier alpha value is -0.680. The molecule has 1 rings (SSSR count). The Balaban J connectivity index is 0.00000225. The van der Waals surface area contributed by atoms with Crippen LogP contribution in [0, 0.1) is 0 Å². The van der Waals surface area contributed by atoms with Gasteiger partial charge in [-0.2, -0.15) is 0 Å². The maximum absolute atomic E-state index is 11.4. The van der Waals surface area contributed by atoms with Crippen LogP contribution < -0.4 is 11.3 Å². The van der Waals surface area contributed by atoms with Gasteiger partial charge in [-0.05, 0) is 19.1 Å². The number of nitrogen functional groups attached to an aromatic ring is 1. The molecule has 1 aromatic carbocycles. The second kappa shape index (κ2) is 6.81. The largest absolute Gasteiger partial charge is 0.462 e. The average molecular weight is 286 g/mol. The van der Waals surface area contributed by atoms with Crippen LogP contribution in [0.2, 0.25) is 10.0 Å². The third-order valence-corrected chi connectivity index (χ3v) is 2.29. The number of halogens is 3. The van der Waals surface area contributed by atoms with E-state index >= 15 is 0 Å². The Morgan fingerprint density at radius 3 is 2.31 bits per heavy atom. The van der Waals surface area contributed by atoms with Gasteiger partial charge in [0.2, 0.25) is 0 Å². The Morgan fingerprint density at radius 1 is 1.44 bits per heavy atom. The lowest BCUT2D eigenvalue weighted by Gasteiger charge is -2.08. The van der Waals surface area contributed by atoms with Crippen LogP contribution >= 0.6 is 35.6 Å². The molecule has 0 aliphatic rings. The molecule has 0 atom stereocenters. The van der Waals surface area contributed by atoms with Gasteiger partial charge in [0.05, 0.1) is 27.9 Å². The number of anilines is 1. The van der Waals surface area contributed by atoms with Crippen molar-refractivity contribution in [2.24, 2.45) is 5.84 Å². The van der Waals surface area contributed by atoms with E-state index in [0.717, 1.165) is 0 Å². The van der Waals surface area contributed by atoms with Gasteiger partial charge in [-0.3, -0.25) is 5.84 Å². The number of carbonyl (C=O) groups excluding carboxylic acids is 1. The average Bonchev–Trinajstić information content (AvgIpc) is 2.17. The summed E-state index contributed by atoms with van der Waals surface area (Å²) in [5.41, 5.74) is 3.02. The number of ether oxygens (including phenoxy) is 1. The van der Waals surface area contributed by atoms with E-state index in [9.17, 15) is 4.79 Å². The molecule has 0 amide bonds. The summed E-state index contributed by atoms with van der Waals surface area (Å²) in [5, 5.41) is 0.543. The maximum atomic E-state index is 11.4. The SMILES string of the molecule is CCOC(=O)c1cc(Cl)c(NN)c(Cl)c1.Cl. The third kappa shape index (κ3) is 3.42. The minimum atomic E-state index is -0.468. The van der Waals surface area contributed by atoms with Crippen molar-refractivity contribution in [1.82, 2.24) is 0 Å². The van der Waals surface area contributed by atoms with E-state index in [1.807, 2.05) is 0 Å². The van der Waals surface area contributed by atoms with Crippen LogP contribution in [-0.2, 0) is 4.74 Å². The van der Waals surface area contributed by atoms with E-state index in [0.29, 0.717) is 17.9 Å². The van der Waals surface area contributed by atoms with E-state index < -0.39 is 5.97 Å². The molecule has 0 unspecified atom stereocenters. The number of hydrogen-bond acceptors (Lipinski definition) is 4. The fourth-order valence-corrected chi connectivity index (χ4v) is 1.64. The summed E-state index contributed by atoms with van der Waals surface area (Å²) in [6.45, 7) is 2.02. The smallest absolute Gasteiger partial charge is 0.338 e. The zero-order valence-corrected chi connectivity index (χ0v) is 10.7. The predicted molar refractivity (Wildman–Crippen MR) is 67.5 cm³/mol. The van der Waals surface area contributed by atoms with E-state index in [4.69, 9.17) is 33.8 Å². The molecule has 0 bridgehead atoms. The van der Waals surface area contributed by atoms with E-state index in [-0.39, 0.29) is 22.5 Å². The topological polar surface area (TPSA) is 64.3 Å². The van der Waals surface area contributed by atoms with Crippen molar-refractivity contribution >= 4 is 47.3 Å². The minimum Gasteiger partial charge on any atom is -0.462 e. The van der Waals surface area contributed by atoms with Gasteiger partial charge in [-0.15, -0.1) is 12.4 Å². The quantitative estimate of drug-likeness (QED) is 0.509. The van der Waals surface area contributed by atoms with Crippen LogP contribution in [0.25, 0.3) is 0 Å². The minimum absolute atomic E-state index is 0. The summed E-state index contributed by atoms with van der Waals surface area (Å²) in [6.07, 6.45) is 0. The van der Waals surface area contributed by atoms with Gasteiger partial charge in [0.25, 0.3) is 0 Å². The van der Waals surface area contributed by atoms with E-state index in [1.165, 1.54) is 12.1 Å². The number of nitrogens with one attached hydrogen (secondary N) is 1. The van der Waals surface area contributed by atoms with Gasteiger partial charge in [0, 0.05) is 0 Å². The highest BCUT2D eigenvalue weighted by Crippen LogP contribution is 2.31. The number of esters is 1. The molecule has 0 saturated carbocycles. The van der Waals surface area contributed by atoms with Crippen LogP contribution in [-0.4, -0.2) is 12.6 Å². The van der Waals surface area contributed by atoms with Crippen molar-refractivity contribution in [3.05, 3.63) is 27.7 Å². The Labute approximate surface area is 109 Å². The number of benzene rings is 1. The Morgan fingerprint density at radius 2 is 1.94 bits per heavy atom. The summed E-state index contributed by atoms with van der Waals surface area (Å²) in [4.78, 5) is 11.4. The van der Waals surface area contributed by atoms with Crippen molar-refractivity contribution in [2.75, 3.05) is 12.0 Å². The molecule has 0 spiro atoms. The molecule has 0 radical (unpaired) electrons. The first-order chi connectivity index (χ1) is 7.10. The zero-order chi connectivity index (χ0) is 11.4. The third-order valence-electron chi connectivity index (χ3n) is 1.70.